The maximum atomic E-state index is 12.4. The van der Waals surface area contributed by atoms with E-state index in [2.05, 4.69) is 12.2 Å². The van der Waals surface area contributed by atoms with Gasteiger partial charge in [-0.2, -0.15) is 0 Å². The zero-order valence-electron chi connectivity index (χ0n) is 11.0. The molecule has 0 heterocycles. The summed E-state index contributed by atoms with van der Waals surface area (Å²) < 4.78 is 24.8. The summed E-state index contributed by atoms with van der Waals surface area (Å²) in [5, 5.41) is 3.46. The Morgan fingerprint density at radius 3 is 2.32 bits per heavy atom. The Labute approximate surface area is 119 Å². The van der Waals surface area contributed by atoms with Crippen LogP contribution < -0.4 is 11.1 Å². The van der Waals surface area contributed by atoms with Crippen LogP contribution >= 0.6 is 12.4 Å². The van der Waals surface area contributed by atoms with E-state index in [4.69, 9.17) is 5.73 Å². The molecule has 1 fully saturated rings. The lowest BCUT2D eigenvalue weighted by molar-refractivity contribution is 0.151. The van der Waals surface area contributed by atoms with E-state index in [9.17, 15) is 8.78 Å². The normalized spacial score (nSPS) is 17.9. The van der Waals surface area contributed by atoms with E-state index in [1.165, 1.54) is 25.0 Å². The Morgan fingerprint density at radius 2 is 1.89 bits per heavy atom. The van der Waals surface area contributed by atoms with Crippen LogP contribution in [-0.2, 0) is 6.54 Å². The third-order valence-electron chi connectivity index (χ3n) is 3.83. The molecule has 1 atom stereocenters. The van der Waals surface area contributed by atoms with Crippen LogP contribution in [0.4, 0.5) is 8.78 Å². The Kier molecular flexibility index (Phi) is 5.71. The molecule has 0 radical (unpaired) electrons. The van der Waals surface area contributed by atoms with E-state index in [-0.39, 0.29) is 23.5 Å². The second kappa shape index (κ2) is 6.64. The summed E-state index contributed by atoms with van der Waals surface area (Å²) in [5.74, 6) is 0.655. The smallest absolute Gasteiger partial charge is 0.263 e. The summed E-state index contributed by atoms with van der Waals surface area (Å²) >= 11 is 0. The van der Waals surface area contributed by atoms with Crippen LogP contribution in [0.25, 0.3) is 0 Å². The number of halogens is 3. The van der Waals surface area contributed by atoms with Crippen molar-refractivity contribution in [3.8, 4) is 0 Å². The number of alkyl halides is 2. The SMILES string of the molecule is CC(CN)(NCc1ccc(C(F)F)cc1)C1CC1.Cl. The molecule has 2 rings (SSSR count). The maximum absolute atomic E-state index is 12.4. The second-order valence-corrected chi connectivity index (χ2v) is 5.29. The second-order valence-electron chi connectivity index (χ2n) is 5.29. The van der Waals surface area contributed by atoms with E-state index < -0.39 is 6.43 Å². The molecule has 2 nitrogen and oxygen atoms in total. The minimum atomic E-state index is -2.40. The number of nitrogens with two attached hydrogens (primary N) is 1. The summed E-state index contributed by atoms with van der Waals surface area (Å²) in [5.41, 5.74) is 6.87. The van der Waals surface area contributed by atoms with Crippen LogP contribution in [0, 0.1) is 5.92 Å². The number of hydrogen-bond acceptors (Lipinski definition) is 2. The molecular formula is C14H21ClF2N2. The van der Waals surface area contributed by atoms with Crippen molar-refractivity contribution in [3.05, 3.63) is 35.4 Å². The van der Waals surface area contributed by atoms with Gasteiger partial charge in [0, 0.05) is 24.2 Å². The monoisotopic (exact) mass is 290 g/mol. The third kappa shape index (κ3) is 4.13. The van der Waals surface area contributed by atoms with Crippen molar-refractivity contribution in [1.29, 1.82) is 0 Å². The number of benzene rings is 1. The van der Waals surface area contributed by atoms with Crippen LogP contribution in [0.2, 0.25) is 0 Å². The molecule has 0 saturated heterocycles. The molecule has 1 aromatic rings. The van der Waals surface area contributed by atoms with E-state index in [0.717, 1.165) is 5.56 Å². The van der Waals surface area contributed by atoms with Crippen molar-refractivity contribution in [2.24, 2.45) is 11.7 Å². The molecule has 0 amide bonds. The van der Waals surface area contributed by atoms with Crippen LogP contribution in [0.3, 0.4) is 0 Å². The number of nitrogens with one attached hydrogen (secondary N) is 1. The summed E-state index contributed by atoms with van der Waals surface area (Å²) in [4.78, 5) is 0. The molecule has 0 bridgehead atoms. The number of hydrogen-bond donors (Lipinski definition) is 2. The molecule has 1 aliphatic rings. The van der Waals surface area contributed by atoms with Gasteiger partial charge < -0.3 is 11.1 Å². The largest absolute Gasteiger partial charge is 0.329 e. The summed E-state index contributed by atoms with van der Waals surface area (Å²) in [6.45, 7) is 3.42. The lowest BCUT2D eigenvalue weighted by atomic mass is 9.95. The average Bonchev–Trinajstić information content (AvgIpc) is 3.21. The highest BCUT2D eigenvalue weighted by Gasteiger charge is 2.39. The van der Waals surface area contributed by atoms with Crippen molar-refractivity contribution in [1.82, 2.24) is 5.32 Å². The first kappa shape index (κ1) is 16.3. The quantitative estimate of drug-likeness (QED) is 0.844. The first-order valence-corrected chi connectivity index (χ1v) is 6.37. The zero-order chi connectivity index (χ0) is 13.2. The van der Waals surface area contributed by atoms with Crippen LogP contribution in [-0.4, -0.2) is 12.1 Å². The van der Waals surface area contributed by atoms with E-state index >= 15 is 0 Å². The average molecular weight is 291 g/mol. The predicted molar refractivity (Wildman–Crippen MR) is 75.7 cm³/mol. The first-order valence-electron chi connectivity index (χ1n) is 6.37. The Morgan fingerprint density at radius 1 is 1.32 bits per heavy atom. The van der Waals surface area contributed by atoms with Crippen LogP contribution in [0.15, 0.2) is 24.3 Å². The molecule has 0 aromatic heterocycles. The fraction of sp³-hybridized carbons (Fsp3) is 0.571. The molecule has 1 aromatic carbocycles. The van der Waals surface area contributed by atoms with Gasteiger partial charge in [-0.15, -0.1) is 12.4 Å². The minimum Gasteiger partial charge on any atom is -0.329 e. The standard InChI is InChI=1S/C14H20F2N2.ClH/c1-14(9-17,12-6-7-12)18-8-10-2-4-11(5-3-10)13(15)16;/h2-5,12-13,18H,6-9,17H2,1H3;1H. The fourth-order valence-electron chi connectivity index (χ4n) is 2.19. The number of rotatable bonds is 6. The highest BCUT2D eigenvalue weighted by atomic mass is 35.5. The van der Waals surface area contributed by atoms with Crippen molar-refractivity contribution in [2.75, 3.05) is 6.54 Å². The summed E-state index contributed by atoms with van der Waals surface area (Å²) in [6, 6.07) is 6.47. The Hall–Kier alpha value is -0.710. The Bertz CT molecular complexity index is 393. The van der Waals surface area contributed by atoms with Gasteiger partial charge in [0.15, 0.2) is 0 Å². The lowest BCUT2D eigenvalue weighted by Crippen LogP contribution is -2.50. The van der Waals surface area contributed by atoms with Gasteiger partial charge in [-0.3, -0.25) is 0 Å². The molecule has 3 N–H and O–H groups in total. The lowest BCUT2D eigenvalue weighted by Gasteiger charge is -2.29. The third-order valence-corrected chi connectivity index (χ3v) is 3.83. The van der Waals surface area contributed by atoms with Gasteiger partial charge in [-0.05, 0) is 31.2 Å². The van der Waals surface area contributed by atoms with Gasteiger partial charge in [0.25, 0.3) is 6.43 Å². The fourth-order valence-corrected chi connectivity index (χ4v) is 2.19. The Balaban J connectivity index is 0.00000180. The van der Waals surface area contributed by atoms with Gasteiger partial charge in [0.05, 0.1) is 0 Å². The highest BCUT2D eigenvalue weighted by molar-refractivity contribution is 5.85. The van der Waals surface area contributed by atoms with Gasteiger partial charge in [-0.1, -0.05) is 24.3 Å². The van der Waals surface area contributed by atoms with Gasteiger partial charge in [0.1, 0.15) is 0 Å². The van der Waals surface area contributed by atoms with Crippen molar-refractivity contribution in [3.63, 3.8) is 0 Å². The minimum absolute atomic E-state index is 0. The van der Waals surface area contributed by atoms with E-state index in [0.29, 0.717) is 19.0 Å². The first-order chi connectivity index (χ1) is 8.55. The molecule has 1 aliphatic carbocycles. The van der Waals surface area contributed by atoms with Crippen molar-refractivity contribution >= 4 is 12.4 Å². The molecule has 0 spiro atoms. The molecule has 0 aliphatic heterocycles. The van der Waals surface area contributed by atoms with Crippen molar-refractivity contribution in [2.45, 2.75) is 38.3 Å². The predicted octanol–water partition coefficient (Wildman–Crippen LogP) is 3.26. The topological polar surface area (TPSA) is 38.0 Å². The molecule has 5 heteroatoms. The van der Waals surface area contributed by atoms with Crippen LogP contribution in [0.5, 0.6) is 0 Å². The van der Waals surface area contributed by atoms with Crippen LogP contribution in [0.1, 0.15) is 37.3 Å². The molecule has 108 valence electrons. The van der Waals surface area contributed by atoms with Gasteiger partial charge in [-0.25, -0.2) is 8.78 Å². The van der Waals surface area contributed by atoms with Gasteiger partial charge in [0.2, 0.25) is 0 Å². The van der Waals surface area contributed by atoms with Crippen molar-refractivity contribution < 1.29 is 8.78 Å². The molecule has 19 heavy (non-hydrogen) atoms. The van der Waals surface area contributed by atoms with E-state index in [1.54, 1.807) is 12.1 Å². The van der Waals surface area contributed by atoms with Gasteiger partial charge >= 0.3 is 0 Å². The highest BCUT2D eigenvalue weighted by Crippen LogP contribution is 2.39. The molecular weight excluding hydrogens is 270 g/mol. The van der Waals surface area contributed by atoms with E-state index in [1.807, 2.05) is 0 Å². The molecule has 1 unspecified atom stereocenters. The zero-order valence-corrected chi connectivity index (χ0v) is 11.9. The summed E-state index contributed by atoms with van der Waals surface area (Å²) in [6.07, 6.45) is 0.0588. The summed E-state index contributed by atoms with van der Waals surface area (Å²) in [7, 11) is 0. The molecule has 1 saturated carbocycles. The maximum Gasteiger partial charge on any atom is 0.263 e.